The van der Waals surface area contributed by atoms with Crippen LogP contribution in [0.25, 0.3) is 0 Å². The van der Waals surface area contributed by atoms with Crippen LogP contribution in [-0.4, -0.2) is 39.5 Å². The third-order valence-corrected chi connectivity index (χ3v) is 17.6. The molecular weight excluding hydrogens is 517 g/mol. The number of thioether (sulfide) groups is 2. The number of carbonyl (C=O) groups is 1. The van der Waals surface area contributed by atoms with E-state index >= 15 is 0 Å². The molecule has 10 atom stereocenters. The summed E-state index contributed by atoms with van der Waals surface area (Å²) < 4.78 is 0. The Kier molecular flexibility index (Phi) is 7.13. The van der Waals surface area contributed by atoms with Gasteiger partial charge in [-0.05, 0) is 108 Å². The normalized spacial score (nSPS) is 50.2. The Morgan fingerprint density at radius 3 is 2.28 bits per heavy atom. The van der Waals surface area contributed by atoms with Gasteiger partial charge in [-0.3, -0.25) is 4.79 Å². The average molecular weight is 573 g/mol. The zero-order valence-corrected chi connectivity index (χ0v) is 27.8. The highest BCUT2D eigenvalue weighted by Crippen LogP contribution is 2.77. The highest BCUT2D eigenvalue weighted by molar-refractivity contribution is 8.06. The molecule has 0 aromatic carbocycles. The molecule has 6 rings (SSSR count). The zero-order valence-electron chi connectivity index (χ0n) is 26.2. The molecule has 0 aromatic rings. The molecule has 2 unspecified atom stereocenters. The number of hydrogen-bond acceptors (Lipinski definition) is 4. The number of aliphatic hydroxyl groups excluding tert-OH is 1. The average Bonchev–Trinajstić information content (AvgIpc) is 3.20. The van der Waals surface area contributed by atoms with Gasteiger partial charge in [-0.25, -0.2) is 0 Å². The van der Waals surface area contributed by atoms with Gasteiger partial charge in [-0.15, -0.1) is 0 Å². The zero-order chi connectivity index (χ0) is 28.2. The van der Waals surface area contributed by atoms with Gasteiger partial charge in [0.15, 0.2) is 5.78 Å². The van der Waals surface area contributed by atoms with Crippen LogP contribution in [0.1, 0.15) is 113 Å². The van der Waals surface area contributed by atoms with Crippen LogP contribution in [0.5, 0.6) is 0 Å². The summed E-state index contributed by atoms with van der Waals surface area (Å²) in [5, 5.41) is 12.5. The van der Waals surface area contributed by atoms with Crippen molar-refractivity contribution in [1.82, 2.24) is 0 Å². The molecule has 1 N–H and O–H groups in total. The van der Waals surface area contributed by atoms with Crippen molar-refractivity contribution >= 4 is 29.3 Å². The fourth-order valence-corrected chi connectivity index (χ4v) is 15.1. The van der Waals surface area contributed by atoms with E-state index in [1.165, 1.54) is 56.3 Å². The second-order valence-corrected chi connectivity index (χ2v) is 19.0. The SMILES string of the molecule is CC(C)C1=C2[C@H]3CC[C@@H]4[C@@]5(C)CC[C@H](C)C(C)(C)[C@@H]5CC[C@@]4(C)[C@]3(C)CC[C@@]2(C(O)C2CSCCS2)CC1=O. The lowest BCUT2D eigenvalue weighted by Gasteiger charge is -2.72. The Morgan fingerprint density at radius 1 is 0.872 bits per heavy atom. The van der Waals surface area contributed by atoms with Crippen molar-refractivity contribution in [1.29, 1.82) is 0 Å². The summed E-state index contributed by atoms with van der Waals surface area (Å²) >= 11 is 3.97. The molecule has 5 aliphatic carbocycles. The van der Waals surface area contributed by atoms with Crippen molar-refractivity contribution in [3.05, 3.63) is 11.1 Å². The summed E-state index contributed by atoms with van der Waals surface area (Å²) in [4.78, 5) is 13.9. The van der Waals surface area contributed by atoms with Crippen LogP contribution >= 0.6 is 23.5 Å². The number of ketones is 1. The van der Waals surface area contributed by atoms with Crippen molar-refractivity contribution in [2.45, 2.75) is 125 Å². The van der Waals surface area contributed by atoms with Crippen molar-refractivity contribution in [3.8, 4) is 0 Å². The third-order valence-electron chi connectivity index (χ3n) is 14.8. The highest BCUT2D eigenvalue weighted by Gasteiger charge is 2.70. The number of aliphatic hydroxyl groups is 1. The second-order valence-electron chi connectivity index (χ2n) is 16.5. The highest BCUT2D eigenvalue weighted by atomic mass is 32.2. The number of rotatable bonds is 3. The van der Waals surface area contributed by atoms with Gasteiger partial charge in [0.25, 0.3) is 0 Å². The summed E-state index contributed by atoms with van der Waals surface area (Å²) in [6, 6.07) is 0. The van der Waals surface area contributed by atoms with Gasteiger partial charge in [0.1, 0.15) is 0 Å². The van der Waals surface area contributed by atoms with E-state index in [0.717, 1.165) is 41.3 Å². The number of Topliss-reactive ketones (excluding diaryl/α,β-unsaturated/α-hetero) is 1. The maximum atomic E-state index is 13.9. The monoisotopic (exact) mass is 572 g/mol. The van der Waals surface area contributed by atoms with E-state index < -0.39 is 6.10 Å². The number of carbonyl (C=O) groups excluding carboxylic acids is 1. The lowest BCUT2D eigenvalue weighted by atomic mass is 9.32. The maximum Gasteiger partial charge on any atom is 0.160 e. The molecular formula is C35H56O2S2. The Balaban J connectivity index is 1.43. The largest absolute Gasteiger partial charge is 0.391 e. The Morgan fingerprint density at radius 2 is 1.62 bits per heavy atom. The fourth-order valence-electron chi connectivity index (χ4n) is 12.3. The molecule has 220 valence electrons. The van der Waals surface area contributed by atoms with Crippen molar-refractivity contribution < 1.29 is 9.90 Å². The standard InChI is InChI=1S/C35H56O2S2/c1-21(2)28-24(36)19-35(30(37)25-20-38-17-18-39-25)16-15-33(7)23(29(28)35)9-10-27-32(6)13-11-22(3)31(4,5)26(32)12-14-34(27,33)8/h21-23,25-27,30,37H,9-20H2,1-8H3/t22-,23+,25?,26-,27+,30?,32-,33+,34+,35+/m0/s1. The van der Waals surface area contributed by atoms with Gasteiger partial charge in [0, 0.05) is 34.3 Å². The van der Waals surface area contributed by atoms with Gasteiger partial charge in [0.2, 0.25) is 0 Å². The molecule has 4 heteroatoms. The number of allylic oxidation sites excluding steroid dienone is 1. The van der Waals surface area contributed by atoms with Crippen LogP contribution in [0.15, 0.2) is 11.1 Å². The first-order chi connectivity index (χ1) is 18.2. The summed E-state index contributed by atoms with van der Waals surface area (Å²) in [5.74, 6) is 6.79. The molecule has 2 nitrogen and oxygen atoms in total. The van der Waals surface area contributed by atoms with Crippen LogP contribution in [0.2, 0.25) is 0 Å². The van der Waals surface area contributed by atoms with Crippen LogP contribution in [0, 0.1) is 56.7 Å². The molecule has 1 saturated heterocycles. The minimum atomic E-state index is -0.394. The lowest BCUT2D eigenvalue weighted by Crippen LogP contribution is -2.65. The summed E-state index contributed by atoms with van der Waals surface area (Å²) in [7, 11) is 0. The molecule has 5 fully saturated rings. The molecule has 0 aromatic heterocycles. The molecule has 0 spiro atoms. The first kappa shape index (κ1) is 29.2. The molecule has 1 heterocycles. The lowest BCUT2D eigenvalue weighted by molar-refractivity contribution is -0.222. The quantitative estimate of drug-likeness (QED) is 0.367. The molecule has 6 aliphatic rings. The Labute approximate surface area is 248 Å². The first-order valence-corrected chi connectivity index (χ1v) is 18.6. The molecule has 1 aliphatic heterocycles. The summed E-state index contributed by atoms with van der Waals surface area (Å²) in [6.07, 6.45) is 10.3. The Hall–Kier alpha value is 0.0700. The van der Waals surface area contributed by atoms with E-state index in [-0.39, 0.29) is 22.0 Å². The Bertz CT molecular complexity index is 1040. The number of hydrogen-bond donors (Lipinski definition) is 1. The second kappa shape index (κ2) is 9.54. The third kappa shape index (κ3) is 3.81. The van der Waals surface area contributed by atoms with Crippen LogP contribution in [-0.2, 0) is 4.79 Å². The minimum Gasteiger partial charge on any atom is -0.391 e. The van der Waals surface area contributed by atoms with Gasteiger partial charge in [-0.2, -0.15) is 23.5 Å². The molecule has 4 saturated carbocycles. The van der Waals surface area contributed by atoms with E-state index in [1.54, 1.807) is 0 Å². The molecule has 39 heavy (non-hydrogen) atoms. The van der Waals surface area contributed by atoms with Gasteiger partial charge in [0.05, 0.1) is 6.10 Å². The van der Waals surface area contributed by atoms with Crippen LogP contribution < -0.4 is 0 Å². The summed E-state index contributed by atoms with van der Waals surface area (Å²) in [5.41, 5.74) is 3.61. The molecule has 0 bridgehead atoms. The van der Waals surface area contributed by atoms with E-state index in [4.69, 9.17) is 0 Å². The minimum absolute atomic E-state index is 0.203. The van der Waals surface area contributed by atoms with E-state index in [0.29, 0.717) is 34.4 Å². The van der Waals surface area contributed by atoms with E-state index in [2.05, 4.69) is 55.4 Å². The predicted molar refractivity (Wildman–Crippen MR) is 168 cm³/mol. The van der Waals surface area contributed by atoms with Gasteiger partial charge >= 0.3 is 0 Å². The topological polar surface area (TPSA) is 37.3 Å². The summed E-state index contributed by atoms with van der Waals surface area (Å²) in [6.45, 7) is 20.2. The number of fused-ring (bicyclic) bond motifs is 7. The van der Waals surface area contributed by atoms with Crippen LogP contribution in [0.4, 0.5) is 0 Å². The van der Waals surface area contributed by atoms with Crippen molar-refractivity contribution in [3.63, 3.8) is 0 Å². The smallest absolute Gasteiger partial charge is 0.160 e. The molecule has 0 amide bonds. The van der Waals surface area contributed by atoms with E-state index in [1.807, 2.05) is 23.5 Å². The van der Waals surface area contributed by atoms with Gasteiger partial charge < -0.3 is 5.11 Å². The molecule has 0 radical (unpaired) electrons. The fraction of sp³-hybridized carbons (Fsp3) is 0.914. The van der Waals surface area contributed by atoms with Crippen molar-refractivity contribution in [2.24, 2.45) is 56.7 Å². The van der Waals surface area contributed by atoms with Gasteiger partial charge in [-0.1, -0.05) is 61.0 Å². The van der Waals surface area contributed by atoms with Crippen molar-refractivity contribution in [2.75, 3.05) is 17.3 Å². The predicted octanol–water partition coefficient (Wildman–Crippen LogP) is 8.81. The van der Waals surface area contributed by atoms with E-state index in [9.17, 15) is 9.90 Å². The maximum absolute atomic E-state index is 13.9. The first-order valence-electron chi connectivity index (χ1n) is 16.4. The van der Waals surface area contributed by atoms with Crippen LogP contribution in [0.3, 0.4) is 0 Å².